The molecule has 4 aromatic rings. The minimum absolute atomic E-state index is 0.154. The Kier molecular flexibility index (Phi) is 6.44. The molecule has 0 saturated carbocycles. The highest BCUT2D eigenvalue weighted by Gasteiger charge is 2.18. The van der Waals surface area contributed by atoms with Gasteiger partial charge < -0.3 is 9.47 Å². The van der Waals surface area contributed by atoms with Crippen molar-refractivity contribution in [1.29, 1.82) is 0 Å². The highest BCUT2D eigenvalue weighted by molar-refractivity contribution is 7.98. The highest BCUT2D eigenvalue weighted by Crippen LogP contribution is 2.28. The summed E-state index contributed by atoms with van der Waals surface area (Å²) >= 11 is 1.72. The van der Waals surface area contributed by atoms with Gasteiger partial charge in [-0.1, -0.05) is 48.2 Å². The third-order valence-electron chi connectivity index (χ3n) is 6.32. The monoisotopic (exact) mass is 456 g/mol. The van der Waals surface area contributed by atoms with Crippen molar-refractivity contribution in [3.05, 3.63) is 89.2 Å². The van der Waals surface area contributed by atoms with Gasteiger partial charge in [-0.25, -0.2) is 4.98 Å². The van der Waals surface area contributed by atoms with Gasteiger partial charge in [0.2, 0.25) is 0 Å². The number of hydrogen-bond donors (Lipinski definition) is 0. The first-order valence-electron chi connectivity index (χ1n) is 11.5. The maximum atomic E-state index is 12.7. The molecule has 6 heteroatoms. The molecule has 0 spiro atoms. The van der Waals surface area contributed by atoms with Crippen molar-refractivity contribution in [1.82, 2.24) is 19.4 Å². The lowest BCUT2D eigenvalue weighted by atomic mass is 10.1. The second kappa shape index (κ2) is 9.79. The van der Waals surface area contributed by atoms with E-state index < -0.39 is 0 Å². The topological polar surface area (TPSA) is 51.0 Å². The molecule has 5 nitrogen and oxygen atoms in total. The Labute approximate surface area is 198 Å². The SMILES string of the molecule is Cc1ccccc1Cn1c(SCc2ccc(C(=O)N3CCCCC3)cc2)nc2ccncc21. The minimum Gasteiger partial charge on any atom is -0.339 e. The van der Waals surface area contributed by atoms with Gasteiger partial charge in [0, 0.05) is 30.6 Å². The van der Waals surface area contributed by atoms with Crippen LogP contribution in [0.2, 0.25) is 0 Å². The zero-order chi connectivity index (χ0) is 22.6. The number of aromatic nitrogens is 3. The summed E-state index contributed by atoms with van der Waals surface area (Å²) in [6.45, 7) is 4.66. The summed E-state index contributed by atoms with van der Waals surface area (Å²) < 4.78 is 2.25. The maximum absolute atomic E-state index is 12.7. The molecular weight excluding hydrogens is 428 g/mol. The molecule has 2 aromatic carbocycles. The van der Waals surface area contributed by atoms with Crippen LogP contribution in [0.1, 0.15) is 46.3 Å². The molecule has 2 aromatic heterocycles. The first-order chi connectivity index (χ1) is 16.2. The molecule has 0 aliphatic carbocycles. The zero-order valence-electron chi connectivity index (χ0n) is 18.9. The lowest BCUT2D eigenvalue weighted by Crippen LogP contribution is -2.35. The summed E-state index contributed by atoms with van der Waals surface area (Å²) in [6.07, 6.45) is 7.13. The molecule has 1 amide bonds. The Bertz CT molecular complexity index is 1260. The molecule has 3 heterocycles. The van der Waals surface area contributed by atoms with Crippen LogP contribution in [0.5, 0.6) is 0 Å². The van der Waals surface area contributed by atoms with Gasteiger partial charge in [-0.15, -0.1) is 0 Å². The molecule has 0 N–H and O–H groups in total. The predicted molar refractivity (Wildman–Crippen MR) is 134 cm³/mol. The highest BCUT2D eigenvalue weighted by atomic mass is 32.2. The fourth-order valence-corrected chi connectivity index (χ4v) is 5.31. The number of benzene rings is 2. The van der Waals surface area contributed by atoms with Gasteiger partial charge in [0.15, 0.2) is 5.16 Å². The second-order valence-electron chi connectivity index (χ2n) is 8.61. The quantitative estimate of drug-likeness (QED) is 0.349. The average Bonchev–Trinajstić information content (AvgIpc) is 3.22. The van der Waals surface area contributed by atoms with Crippen LogP contribution < -0.4 is 0 Å². The first-order valence-corrected chi connectivity index (χ1v) is 12.5. The minimum atomic E-state index is 0.154. The lowest BCUT2D eigenvalue weighted by molar-refractivity contribution is 0.0724. The van der Waals surface area contributed by atoms with Crippen molar-refractivity contribution in [2.24, 2.45) is 0 Å². The predicted octanol–water partition coefficient (Wildman–Crippen LogP) is 5.71. The van der Waals surface area contributed by atoms with Gasteiger partial charge >= 0.3 is 0 Å². The molecule has 1 fully saturated rings. The molecule has 0 atom stereocenters. The fourth-order valence-electron chi connectivity index (χ4n) is 4.34. The van der Waals surface area contributed by atoms with Crippen molar-refractivity contribution in [3.8, 4) is 0 Å². The van der Waals surface area contributed by atoms with E-state index >= 15 is 0 Å². The van der Waals surface area contributed by atoms with Crippen molar-refractivity contribution >= 4 is 28.7 Å². The largest absolute Gasteiger partial charge is 0.339 e. The molecule has 1 aliphatic heterocycles. The van der Waals surface area contributed by atoms with E-state index in [1.807, 2.05) is 29.3 Å². The van der Waals surface area contributed by atoms with Gasteiger partial charge in [0.25, 0.3) is 5.91 Å². The number of carbonyl (C=O) groups excluding carboxylic acids is 1. The molecule has 5 rings (SSSR count). The number of likely N-dealkylation sites (tertiary alicyclic amines) is 1. The van der Waals surface area contributed by atoms with E-state index in [2.05, 4.69) is 52.9 Å². The van der Waals surface area contributed by atoms with Gasteiger partial charge in [-0.2, -0.15) is 0 Å². The number of nitrogens with zero attached hydrogens (tertiary/aromatic N) is 4. The Morgan fingerprint density at radius 3 is 2.58 bits per heavy atom. The number of pyridine rings is 1. The standard InChI is InChI=1S/C27H28N4OS/c1-20-7-3-4-8-23(20)18-31-25-17-28-14-13-24(25)29-27(31)33-19-21-9-11-22(12-10-21)26(32)30-15-5-2-6-16-30/h3-4,7-14,17H,2,5-6,15-16,18-19H2,1H3. The summed E-state index contributed by atoms with van der Waals surface area (Å²) in [5.41, 5.74) is 6.52. The van der Waals surface area contributed by atoms with Crippen molar-refractivity contribution in [2.45, 2.75) is 43.6 Å². The van der Waals surface area contributed by atoms with Crippen LogP contribution in [0, 0.1) is 6.92 Å². The number of piperidine rings is 1. The number of fused-ring (bicyclic) bond motifs is 1. The van der Waals surface area contributed by atoms with Crippen LogP contribution in [0.3, 0.4) is 0 Å². The second-order valence-corrected chi connectivity index (χ2v) is 9.55. The van der Waals surface area contributed by atoms with Crippen LogP contribution in [0.15, 0.2) is 72.1 Å². The third kappa shape index (κ3) is 4.81. The lowest BCUT2D eigenvalue weighted by Gasteiger charge is -2.26. The average molecular weight is 457 g/mol. The Morgan fingerprint density at radius 1 is 1.00 bits per heavy atom. The summed E-state index contributed by atoms with van der Waals surface area (Å²) in [6, 6.07) is 18.5. The van der Waals surface area contributed by atoms with Crippen LogP contribution in [-0.2, 0) is 12.3 Å². The van der Waals surface area contributed by atoms with Crippen LogP contribution in [-0.4, -0.2) is 38.4 Å². The number of hydrogen-bond acceptors (Lipinski definition) is 4. The maximum Gasteiger partial charge on any atom is 0.253 e. The molecule has 0 bridgehead atoms. The Hall–Kier alpha value is -3.12. The van der Waals surface area contributed by atoms with E-state index in [9.17, 15) is 4.79 Å². The smallest absolute Gasteiger partial charge is 0.253 e. The van der Waals surface area contributed by atoms with E-state index in [4.69, 9.17) is 4.98 Å². The zero-order valence-corrected chi connectivity index (χ0v) is 19.7. The number of imidazole rings is 1. The van der Waals surface area contributed by atoms with E-state index in [1.54, 1.807) is 18.0 Å². The summed E-state index contributed by atoms with van der Waals surface area (Å²) in [7, 11) is 0. The molecule has 0 radical (unpaired) electrons. The molecule has 0 unspecified atom stereocenters. The van der Waals surface area contributed by atoms with Crippen LogP contribution in [0.25, 0.3) is 11.0 Å². The van der Waals surface area contributed by atoms with Gasteiger partial charge in [0.05, 0.1) is 23.8 Å². The fraction of sp³-hybridized carbons (Fsp3) is 0.296. The molecule has 1 saturated heterocycles. The van der Waals surface area contributed by atoms with Gasteiger partial charge in [0.1, 0.15) is 0 Å². The number of carbonyl (C=O) groups is 1. The number of rotatable bonds is 6. The number of amides is 1. The molecular formula is C27H28N4OS. The molecule has 33 heavy (non-hydrogen) atoms. The summed E-state index contributed by atoms with van der Waals surface area (Å²) in [5.74, 6) is 0.948. The van der Waals surface area contributed by atoms with Crippen LogP contribution in [0.4, 0.5) is 0 Å². The number of aryl methyl sites for hydroxylation is 1. The van der Waals surface area contributed by atoms with E-state index in [-0.39, 0.29) is 5.91 Å². The van der Waals surface area contributed by atoms with E-state index in [1.165, 1.54) is 23.1 Å². The summed E-state index contributed by atoms with van der Waals surface area (Å²) in [5, 5.41) is 0.981. The van der Waals surface area contributed by atoms with Gasteiger partial charge in [-0.05, 0) is 61.1 Å². The van der Waals surface area contributed by atoms with Gasteiger partial charge in [-0.3, -0.25) is 9.78 Å². The number of thioether (sulfide) groups is 1. The molecule has 168 valence electrons. The first kappa shape index (κ1) is 21.7. The van der Waals surface area contributed by atoms with Crippen molar-refractivity contribution in [2.75, 3.05) is 13.1 Å². The molecule has 1 aliphatic rings. The summed E-state index contributed by atoms with van der Waals surface area (Å²) in [4.78, 5) is 23.9. The Balaban J connectivity index is 1.33. The van der Waals surface area contributed by atoms with Crippen LogP contribution >= 0.6 is 11.8 Å². The Morgan fingerprint density at radius 2 is 1.79 bits per heavy atom. The van der Waals surface area contributed by atoms with Crippen molar-refractivity contribution in [3.63, 3.8) is 0 Å². The normalized spacial score (nSPS) is 14.0. The van der Waals surface area contributed by atoms with E-state index in [0.717, 1.165) is 60.0 Å². The third-order valence-corrected chi connectivity index (χ3v) is 7.36. The van der Waals surface area contributed by atoms with Crippen molar-refractivity contribution < 1.29 is 4.79 Å². The van der Waals surface area contributed by atoms with E-state index in [0.29, 0.717) is 0 Å².